The van der Waals surface area contributed by atoms with Crippen LogP contribution in [0.4, 0.5) is 10.5 Å². The first kappa shape index (κ1) is 18.1. The van der Waals surface area contributed by atoms with Gasteiger partial charge in [-0.2, -0.15) is 0 Å². The Morgan fingerprint density at radius 3 is 2.74 bits per heavy atom. The molecule has 3 aliphatic rings. The number of carboxylic acids is 1. The number of anilines is 1. The zero-order valence-electron chi connectivity index (χ0n) is 16.0. The second-order valence-corrected chi connectivity index (χ2v) is 8.39. The first-order chi connectivity index (χ1) is 13.0. The lowest BCUT2D eigenvalue weighted by molar-refractivity contribution is -0.149. The number of rotatable bonds is 4. The second-order valence-electron chi connectivity index (χ2n) is 8.39. The normalized spacial score (nSPS) is 28.3. The Labute approximate surface area is 160 Å². The topological polar surface area (TPSA) is 72.9 Å². The molecule has 0 spiro atoms. The molecule has 146 valence electrons. The van der Waals surface area contributed by atoms with Gasteiger partial charge in [-0.15, -0.1) is 0 Å². The lowest BCUT2D eigenvalue weighted by Crippen LogP contribution is -2.42. The molecule has 2 N–H and O–H groups in total. The van der Waals surface area contributed by atoms with E-state index in [-0.39, 0.29) is 18.0 Å². The van der Waals surface area contributed by atoms with Gasteiger partial charge in [0.1, 0.15) is 0 Å². The minimum absolute atomic E-state index is 0.0922. The highest BCUT2D eigenvalue weighted by atomic mass is 16.4. The van der Waals surface area contributed by atoms with Crippen molar-refractivity contribution >= 4 is 17.7 Å². The summed E-state index contributed by atoms with van der Waals surface area (Å²) in [5, 5.41) is 12.8. The lowest BCUT2D eigenvalue weighted by Gasteiger charge is -2.25. The van der Waals surface area contributed by atoms with Gasteiger partial charge in [-0.3, -0.25) is 4.79 Å². The van der Waals surface area contributed by atoms with Crippen molar-refractivity contribution in [2.45, 2.75) is 45.1 Å². The molecule has 3 fully saturated rings. The molecule has 4 rings (SSSR count). The minimum Gasteiger partial charge on any atom is -0.481 e. The molecule has 1 saturated carbocycles. The summed E-state index contributed by atoms with van der Waals surface area (Å²) in [6, 6.07) is 8.12. The van der Waals surface area contributed by atoms with Gasteiger partial charge in [-0.05, 0) is 56.2 Å². The molecule has 2 saturated heterocycles. The summed E-state index contributed by atoms with van der Waals surface area (Å²) in [4.78, 5) is 28.7. The van der Waals surface area contributed by atoms with Gasteiger partial charge in [0.15, 0.2) is 0 Å². The Bertz CT molecular complexity index is 731. The van der Waals surface area contributed by atoms with Crippen LogP contribution in [0.5, 0.6) is 0 Å². The summed E-state index contributed by atoms with van der Waals surface area (Å²) in [5.74, 6) is -0.652. The maximum absolute atomic E-state index is 12.8. The number of amides is 2. The fourth-order valence-corrected chi connectivity index (χ4v) is 5.12. The van der Waals surface area contributed by atoms with Gasteiger partial charge in [0.25, 0.3) is 0 Å². The lowest BCUT2D eigenvalue weighted by atomic mass is 9.81. The van der Waals surface area contributed by atoms with E-state index in [2.05, 4.69) is 22.3 Å². The number of hydrogen-bond donors (Lipinski definition) is 2. The highest BCUT2D eigenvalue weighted by Crippen LogP contribution is 2.48. The zero-order chi connectivity index (χ0) is 19.0. The van der Waals surface area contributed by atoms with E-state index in [1.54, 1.807) is 4.90 Å². The van der Waals surface area contributed by atoms with Crippen LogP contribution in [0, 0.1) is 11.3 Å². The molecule has 6 nitrogen and oxygen atoms in total. The highest BCUT2D eigenvalue weighted by molar-refractivity contribution is 5.80. The number of fused-ring (bicyclic) bond motifs is 1. The van der Waals surface area contributed by atoms with E-state index in [0.29, 0.717) is 19.5 Å². The van der Waals surface area contributed by atoms with Gasteiger partial charge < -0.3 is 20.2 Å². The van der Waals surface area contributed by atoms with Gasteiger partial charge in [-0.1, -0.05) is 18.6 Å². The monoisotopic (exact) mass is 371 g/mol. The summed E-state index contributed by atoms with van der Waals surface area (Å²) >= 11 is 0. The van der Waals surface area contributed by atoms with Crippen molar-refractivity contribution in [3.63, 3.8) is 0 Å². The Morgan fingerprint density at radius 1 is 1.26 bits per heavy atom. The Hall–Kier alpha value is -2.24. The molecule has 27 heavy (non-hydrogen) atoms. The molecular formula is C21H29N3O3. The van der Waals surface area contributed by atoms with Crippen molar-refractivity contribution in [3.8, 4) is 0 Å². The molecule has 0 aromatic heterocycles. The van der Waals surface area contributed by atoms with Crippen molar-refractivity contribution in [1.82, 2.24) is 10.2 Å². The van der Waals surface area contributed by atoms with Crippen LogP contribution >= 0.6 is 0 Å². The molecule has 1 aliphatic carbocycles. The summed E-state index contributed by atoms with van der Waals surface area (Å²) in [6.45, 7) is 5.07. The standard InChI is InChI=1S/C21H29N3O3/c1-15(16-6-4-8-18(12-16)23-10-2-3-11-23)22-20(27)24-13-17-7-5-9-21(17,14-24)19(25)26/h4,6,8,12,15,17H,2-3,5,7,9-11,13-14H2,1H3,(H,22,27)(H,25,26)/t15?,17-,21+/m0/s1. The number of likely N-dealkylation sites (tertiary alicyclic amines) is 1. The van der Waals surface area contributed by atoms with Crippen LogP contribution in [0.15, 0.2) is 24.3 Å². The van der Waals surface area contributed by atoms with Crippen molar-refractivity contribution in [1.29, 1.82) is 0 Å². The van der Waals surface area contributed by atoms with E-state index in [4.69, 9.17) is 0 Å². The van der Waals surface area contributed by atoms with Crippen LogP contribution in [0.2, 0.25) is 0 Å². The Morgan fingerprint density at radius 2 is 2.04 bits per heavy atom. The highest BCUT2D eigenvalue weighted by Gasteiger charge is 2.55. The van der Waals surface area contributed by atoms with Crippen molar-refractivity contribution in [2.24, 2.45) is 11.3 Å². The smallest absolute Gasteiger partial charge is 0.317 e. The molecule has 1 aromatic rings. The second kappa shape index (κ2) is 7.06. The summed E-state index contributed by atoms with van der Waals surface area (Å²) in [7, 11) is 0. The molecule has 3 atom stereocenters. The van der Waals surface area contributed by atoms with Gasteiger partial charge in [0.2, 0.25) is 0 Å². The van der Waals surface area contributed by atoms with Gasteiger partial charge in [0.05, 0.1) is 11.5 Å². The number of carboxylic acid groups (broad SMARTS) is 1. The van der Waals surface area contributed by atoms with Gasteiger partial charge >= 0.3 is 12.0 Å². The molecule has 2 amide bonds. The summed E-state index contributed by atoms with van der Waals surface area (Å²) in [6.07, 6.45) is 5.01. The molecular weight excluding hydrogens is 342 g/mol. The molecule has 6 heteroatoms. The van der Waals surface area contributed by atoms with E-state index in [9.17, 15) is 14.7 Å². The van der Waals surface area contributed by atoms with Crippen LogP contribution < -0.4 is 10.2 Å². The molecule has 2 aliphatic heterocycles. The molecule has 0 bridgehead atoms. The number of carbonyl (C=O) groups excluding carboxylic acids is 1. The SMILES string of the molecule is CC(NC(=O)N1C[C@@H]2CCC[C@@]2(C(=O)O)C1)c1cccc(N2CCCC2)c1. The quantitative estimate of drug-likeness (QED) is 0.852. The fraction of sp³-hybridized carbons (Fsp3) is 0.619. The molecule has 0 radical (unpaired) electrons. The maximum atomic E-state index is 12.8. The van der Waals surface area contributed by atoms with Crippen LogP contribution in [-0.4, -0.2) is 48.2 Å². The van der Waals surface area contributed by atoms with Crippen LogP contribution in [0.3, 0.4) is 0 Å². The maximum Gasteiger partial charge on any atom is 0.317 e. The third-order valence-electron chi connectivity index (χ3n) is 6.77. The van der Waals surface area contributed by atoms with E-state index in [0.717, 1.165) is 31.5 Å². The van der Waals surface area contributed by atoms with Gasteiger partial charge in [0, 0.05) is 31.9 Å². The average molecular weight is 371 g/mol. The number of nitrogens with zero attached hydrogens (tertiary/aromatic N) is 2. The summed E-state index contributed by atoms with van der Waals surface area (Å²) < 4.78 is 0. The average Bonchev–Trinajstić information content (AvgIpc) is 3.37. The predicted molar refractivity (Wildman–Crippen MR) is 104 cm³/mol. The van der Waals surface area contributed by atoms with Crippen LogP contribution in [0.25, 0.3) is 0 Å². The van der Waals surface area contributed by atoms with Crippen LogP contribution in [0.1, 0.15) is 50.6 Å². The third-order valence-corrected chi connectivity index (χ3v) is 6.77. The molecule has 1 unspecified atom stereocenters. The Kier molecular flexibility index (Phi) is 4.74. The first-order valence-corrected chi connectivity index (χ1v) is 10.1. The largest absolute Gasteiger partial charge is 0.481 e. The van der Waals surface area contributed by atoms with Crippen molar-refractivity contribution in [2.75, 3.05) is 31.1 Å². The van der Waals surface area contributed by atoms with Crippen molar-refractivity contribution in [3.05, 3.63) is 29.8 Å². The number of carbonyl (C=O) groups is 2. The van der Waals surface area contributed by atoms with Crippen molar-refractivity contribution < 1.29 is 14.7 Å². The predicted octanol–water partition coefficient (Wildman–Crippen LogP) is 3.24. The number of urea groups is 1. The third kappa shape index (κ3) is 3.26. The first-order valence-electron chi connectivity index (χ1n) is 10.1. The van der Waals surface area contributed by atoms with E-state index in [1.165, 1.54) is 18.5 Å². The van der Waals surface area contributed by atoms with E-state index < -0.39 is 11.4 Å². The Balaban J connectivity index is 1.41. The number of nitrogens with one attached hydrogen (secondary N) is 1. The number of benzene rings is 1. The van der Waals surface area contributed by atoms with Crippen LogP contribution in [-0.2, 0) is 4.79 Å². The van der Waals surface area contributed by atoms with E-state index >= 15 is 0 Å². The van der Waals surface area contributed by atoms with Gasteiger partial charge in [-0.25, -0.2) is 4.79 Å². The molecule has 2 heterocycles. The number of hydrogen-bond acceptors (Lipinski definition) is 3. The zero-order valence-corrected chi connectivity index (χ0v) is 16.0. The number of aliphatic carboxylic acids is 1. The fourth-order valence-electron chi connectivity index (χ4n) is 5.12. The minimum atomic E-state index is -0.744. The van der Waals surface area contributed by atoms with E-state index in [1.807, 2.05) is 19.1 Å². The summed E-state index contributed by atoms with van der Waals surface area (Å²) in [5.41, 5.74) is 1.57. The molecule has 1 aromatic carbocycles.